The molecule has 0 radical (unpaired) electrons. The molecule has 102 valence electrons. The Hall–Kier alpha value is -0.960. The van der Waals surface area contributed by atoms with E-state index < -0.39 is 11.6 Å². The Labute approximate surface area is 112 Å². The van der Waals surface area contributed by atoms with Gasteiger partial charge in [-0.15, -0.1) is 0 Å². The van der Waals surface area contributed by atoms with E-state index in [1.54, 1.807) is 0 Å². The molecular weight excluding hydrogens is 244 g/mol. The van der Waals surface area contributed by atoms with Crippen LogP contribution in [0.3, 0.4) is 0 Å². The number of halogens is 2. The van der Waals surface area contributed by atoms with Gasteiger partial charge < -0.3 is 4.90 Å². The molecule has 3 fully saturated rings. The lowest BCUT2D eigenvalue weighted by atomic mass is 9.64. The van der Waals surface area contributed by atoms with Crippen molar-refractivity contribution in [1.29, 1.82) is 0 Å². The molecule has 4 rings (SSSR count). The van der Waals surface area contributed by atoms with E-state index in [2.05, 4.69) is 11.9 Å². The highest BCUT2D eigenvalue weighted by molar-refractivity contribution is 5.35. The van der Waals surface area contributed by atoms with Crippen molar-refractivity contribution in [3.05, 3.63) is 35.4 Å². The second-order valence-corrected chi connectivity index (χ2v) is 6.74. The van der Waals surface area contributed by atoms with Gasteiger partial charge in [-0.2, -0.15) is 0 Å². The number of fused-ring (bicyclic) bond motifs is 5. The maximum atomic E-state index is 13.6. The summed E-state index contributed by atoms with van der Waals surface area (Å²) in [7, 11) is 2.15. The lowest BCUT2D eigenvalue weighted by Gasteiger charge is -2.39. The number of likely N-dealkylation sites (N-methyl/N-ethyl adjacent to an activating group) is 1. The summed E-state index contributed by atoms with van der Waals surface area (Å²) in [6.07, 6.45) is 3.88. The van der Waals surface area contributed by atoms with Crippen LogP contribution in [0.4, 0.5) is 8.78 Å². The van der Waals surface area contributed by atoms with Gasteiger partial charge in [0.25, 0.3) is 0 Å². The zero-order valence-electron chi connectivity index (χ0n) is 11.2. The van der Waals surface area contributed by atoms with E-state index in [0.29, 0.717) is 11.8 Å². The fourth-order valence-corrected chi connectivity index (χ4v) is 5.31. The molecule has 0 N–H and O–H groups in total. The van der Waals surface area contributed by atoms with Crippen molar-refractivity contribution in [2.45, 2.75) is 24.7 Å². The van der Waals surface area contributed by atoms with Crippen molar-refractivity contribution < 1.29 is 8.78 Å². The first-order chi connectivity index (χ1) is 9.11. The Kier molecular flexibility index (Phi) is 2.36. The molecule has 3 aliphatic rings. The quantitative estimate of drug-likeness (QED) is 0.752. The van der Waals surface area contributed by atoms with Crippen LogP contribution in [0.15, 0.2) is 18.2 Å². The average molecular weight is 263 g/mol. The Morgan fingerprint density at radius 3 is 2.84 bits per heavy atom. The minimum Gasteiger partial charge on any atom is -0.305 e. The molecule has 0 spiro atoms. The van der Waals surface area contributed by atoms with E-state index in [4.69, 9.17) is 0 Å². The second-order valence-electron chi connectivity index (χ2n) is 6.74. The van der Waals surface area contributed by atoms with Gasteiger partial charge in [0.2, 0.25) is 0 Å². The smallest absolute Gasteiger partial charge is 0.159 e. The Morgan fingerprint density at radius 2 is 2.05 bits per heavy atom. The molecule has 2 bridgehead atoms. The first kappa shape index (κ1) is 11.8. The monoisotopic (exact) mass is 263 g/mol. The number of hydrogen-bond donors (Lipinski definition) is 0. The number of nitrogens with zero attached hydrogens (tertiary/aromatic N) is 1. The Balaban J connectivity index is 1.84. The standard InChI is InChI=1S/C16H19F2N/c1-19-8-13-10-2-3-11(6-10)16(13,9-19)12-4-5-14(17)15(18)7-12/h4-5,7,10-11,13H,2-3,6,8-9H2,1H3. The van der Waals surface area contributed by atoms with Gasteiger partial charge in [0.1, 0.15) is 0 Å². The van der Waals surface area contributed by atoms with Gasteiger partial charge in [0.15, 0.2) is 11.6 Å². The number of rotatable bonds is 1. The van der Waals surface area contributed by atoms with Crippen LogP contribution in [0, 0.1) is 29.4 Å². The molecule has 19 heavy (non-hydrogen) atoms. The normalized spacial score (nSPS) is 40.9. The van der Waals surface area contributed by atoms with Crippen molar-refractivity contribution in [3.8, 4) is 0 Å². The van der Waals surface area contributed by atoms with Gasteiger partial charge in [-0.05, 0) is 61.8 Å². The van der Waals surface area contributed by atoms with Gasteiger partial charge in [-0.1, -0.05) is 6.07 Å². The van der Waals surface area contributed by atoms with Crippen LogP contribution >= 0.6 is 0 Å². The third kappa shape index (κ3) is 1.42. The first-order valence-corrected chi connectivity index (χ1v) is 7.25. The average Bonchev–Trinajstić information content (AvgIpc) is 3.02. The van der Waals surface area contributed by atoms with Crippen LogP contribution in [0.25, 0.3) is 0 Å². The lowest BCUT2D eigenvalue weighted by molar-refractivity contribution is 0.223. The van der Waals surface area contributed by atoms with Crippen molar-refractivity contribution in [2.75, 3.05) is 20.1 Å². The van der Waals surface area contributed by atoms with Crippen LogP contribution in [0.5, 0.6) is 0 Å². The summed E-state index contributed by atoms with van der Waals surface area (Å²) < 4.78 is 26.8. The summed E-state index contributed by atoms with van der Waals surface area (Å²) in [6.45, 7) is 2.12. The minimum absolute atomic E-state index is 0.0895. The Bertz CT molecular complexity index is 529. The molecule has 4 unspecified atom stereocenters. The van der Waals surface area contributed by atoms with E-state index in [1.165, 1.54) is 31.4 Å². The number of benzene rings is 1. The maximum Gasteiger partial charge on any atom is 0.159 e. The highest BCUT2D eigenvalue weighted by atomic mass is 19.2. The van der Waals surface area contributed by atoms with Gasteiger partial charge >= 0.3 is 0 Å². The van der Waals surface area contributed by atoms with Crippen molar-refractivity contribution in [2.24, 2.45) is 17.8 Å². The summed E-state index contributed by atoms with van der Waals surface area (Å²) in [4.78, 5) is 2.37. The van der Waals surface area contributed by atoms with Crippen LogP contribution in [0.2, 0.25) is 0 Å². The highest BCUT2D eigenvalue weighted by Crippen LogP contribution is 2.63. The van der Waals surface area contributed by atoms with Crippen LogP contribution in [0.1, 0.15) is 24.8 Å². The van der Waals surface area contributed by atoms with Crippen molar-refractivity contribution in [1.82, 2.24) is 4.90 Å². The van der Waals surface area contributed by atoms with Gasteiger partial charge in [-0.3, -0.25) is 0 Å². The molecule has 1 aliphatic heterocycles. The summed E-state index contributed by atoms with van der Waals surface area (Å²) in [6, 6.07) is 4.59. The Morgan fingerprint density at radius 1 is 1.21 bits per heavy atom. The van der Waals surface area contributed by atoms with Crippen molar-refractivity contribution >= 4 is 0 Å². The summed E-state index contributed by atoms with van der Waals surface area (Å²) in [5.74, 6) is 0.677. The molecule has 1 aromatic carbocycles. The van der Waals surface area contributed by atoms with Gasteiger partial charge in [0, 0.05) is 18.5 Å². The lowest BCUT2D eigenvalue weighted by Crippen LogP contribution is -2.40. The van der Waals surface area contributed by atoms with Crippen LogP contribution in [-0.4, -0.2) is 25.0 Å². The summed E-state index contributed by atoms with van der Waals surface area (Å²) in [5.41, 5.74) is 1.12. The molecule has 3 heteroatoms. The SMILES string of the molecule is CN1CC2C3CCC(C3)C2(c2ccc(F)c(F)c2)C1. The van der Waals surface area contributed by atoms with Crippen LogP contribution < -0.4 is 0 Å². The fourth-order valence-electron chi connectivity index (χ4n) is 5.31. The van der Waals surface area contributed by atoms with E-state index >= 15 is 0 Å². The van der Waals surface area contributed by atoms with Crippen LogP contribution in [-0.2, 0) is 5.41 Å². The highest BCUT2D eigenvalue weighted by Gasteiger charge is 2.61. The molecule has 1 aromatic rings. The molecule has 0 amide bonds. The fraction of sp³-hybridized carbons (Fsp3) is 0.625. The molecule has 4 atom stereocenters. The molecular formula is C16H19F2N. The third-order valence-corrected chi connectivity index (χ3v) is 5.93. The van der Waals surface area contributed by atoms with Gasteiger partial charge in [-0.25, -0.2) is 8.78 Å². The van der Waals surface area contributed by atoms with E-state index in [-0.39, 0.29) is 5.41 Å². The zero-order chi connectivity index (χ0) is 13.2. The van der Waals surface area contributed by atoms with E-state index in [9.17, 15) is 8.78 Å². The predicted octanol–water partition coefficient (Wildman–Crippen LogP) is 3.19. The molecule has 1 heterocycles. The topological polar surface area (TPSA) is 3.24 Å². The summed E-state index contributed by atoms with van der Waals surface area (Å²) >= 11 is 0. The van der Waals surface area contributed by atoms with E-state index in [0.717, 1.165) is 24.6 Å². The maximum absolute atomic E-state index is 13.6. The molecule has 1 saturated heterocycles. The molecule has 1 nitrogen and oxygen atoms in total. The summed E-state index contributed by atoms with van der Waals surface area (Å²) in [5, 5.41) is 0. The predicted molar refractivity (Wildman–Crippen MR) is 69.9 cm³/mol. The minimum atomic E-state index is -0.730. The van der Waals surface area contributed by atoms with Gasteiger partial charge in [0.05, 0.1) is 0 Å². The second kappa shape index (κ2) is 3.78. The molecule has 2 aliphatic carbocycles. The van der Waals surface area contributed by atoms with E-state index in [1.807, 2.05) is 6.07 Å². The zero-order valence-corrected chi connectivity index (χ0v) is 11.2. The van der Waals surface area contributed by atoms with Crippen molar-refractivity contribution in [3.63, 3.8) is 0 Å². The molecule has 2 saturated carbocycles. The number of likely N-dealkylation sites (tertiary alicyclic amines) is 1. The number of hydrogen-bond acceptors (Lipinski definition) is 1. The largest absolute Gasteiger partial charge is 0.305 e. The molecule has 0 aromatic heterocycles. The third-order valence-electron chi connectivity index (χ3n) is 5.93. The first-order valence-electron chi connectivity index (χ1n) is 7.25.